The van der Waals surface area contributed by atoms with E-state index in [9.17, 15) is 9.90 Å². The van der Waals surface area contributed by atoms with Gasteiger partial charge in [0.2, 0.25) is 0 Å². The maximum atomic E-state index is 12.2. The van der Waals surface area contributed by atoms with Crippen molar-refractivity contribution >= 4 is 17.2 Å². The lowest BCUT2D eigenvalue weighted by atomic mass is 10.1. The molecule has 0 aliphatic carbocycles. The predicted molar refractivity (Wildman–Crippen MR) is 92.3 cm³/mol. The van der Waals surface area contributed by atoms with Crippen molar-refractivity contribution < 1.29 is 9.90 Å². The fraction of sp³-hybridized carbons (Fsp3) is 0.333. The molecule has 120 valence electrons. The van der Waals surface area contributed by atoms with Crippen molar-refractivity contribution in [1.82, 2.24) is 10.3 Å². The van der Waals surface area contributed by atoms with Gasteiger partial charge in [0.1, 0.15) is 10.6 Å². The quantitative estimate of drug-likeness (QED) is 0.848. The Morgan fingerprint density at radius 3 is 2.87 bits per heavy atom. The number of carbonyl (C=O) groups excluding carboxylic acids is 1. The Morgan fingerprint density at radius 2 is 2.22 bits per heavy atom. The zero-order chi connectivity index (χ0) is 16.9. The van der Waals surface area contributed by atoms with Crippen LogP contribution in [0.5, 0.6) is 0 Å². The van der Waals surface area contributed by atoms with Crippen molar-refractivity contribution in [3.8, 4) is 11.8 Å². The Bertz CT molecular complexity index is 748. The van der Waals surface area contributed by atoms with Crippen LogP contribution in [0.1, 0.15) is 47.4 Å². The number of amides is 1. The second-order valence-corrected chi connectivity index (χ2v) is 6.60. The zero-order valence-corrected chi connectivity index (χ0v) is 14.3. The molecule has 0 fully saturated rings. The van der Waals surface area contributed by atoms with E-state index in [1.165, 1.54) is 0 Å². The number of hydrogen-bond donors (Lipinski definition) is 2. The Balaban J connectivity index is 2.03. The summed E-state index contributed by atoms with van der Waals surface area (Å²) in [7, 11) is 0. The molecule has 0 saturated carbocycles. The first-order chi connectivity index (χ1) is 10.9. The molecule has 0 spiro atoms. The molecule has 0 aliphatic rings. The van der Waals surface area contributed by atoms with Crippen molar-refractivity contribution in [2.45, 2.75) is 39.3 Å². The standard InChI is InChI=1S/C18H20N2O2S/c1-4-15-12-23-16(20-15)11-19-17(21)14-7-5-6-13(10-14)8-9-18(2,3)22/h5-7,10,12,22H,4,11H2,1-3H3,(H,19,21). The topological polar surface area (TPSA) is 62.2 Å². The van der Waals surface area contributed by atoms with Crippen molar-refractivity contribution in [2.75, 3.05) is 0 Å². The van der Waals surface area contributed by atoms with Gasteiger partial charge in [0.05, 0.1) is 12.2 Å². The highest BCUT2D eigenvalue weighted by atomic mass is 32.1. The molecule has 0 radical (unpaired) electrons. The molecule has 1 amide bonds. The number of aliphatic hydroxyl groups is 1. The van der Waals surface area contributed by atoms with E-state index in [-0.39, 0.29) is 5.91 Å². The molecule has 0 atom stereocenters. The molecule has 0 unspecified atom stereocenters. The molecule has 1 heterocycles. The number of carbonyl (C=O) groups is 1. The Kier molecular flexibility index (Phi) is 5.54. The van der Waals surface area contributed by atoms with Crippen LogP contribution >= 0.6 is 11.3 Å². The summed E-state index contributed by atoms with van der Waals surface area (Å²) in [4.78, 5) is 16.6. The summed E-state index contributed by atoms with van der Waals surface area (Å²) in [6, 6.07) is 7.04. The lowest BCUT2D eigenvalue weighted by Crippen LogP contribution is -2.22. The molecule has 0 aliphatic heterocycles. The number of benzene rings is 1. The van der Waals surface area contributed by atoms with Gasteiger partial charge in [-0.1, -0.05) is 24.8 Å². The van der Waals surface area contributed by atoms with E-state index in [0.29, 0.717) is 17.7 Å². The molecular weight excluding hydrogens is 308 g/mol. The smallest absolute Gasteiger partial charge is 0.251 e. The second kappa shape index (κ2) is 7.40. The van der Waals surface area contributed by atoms with E-state index in [1.54, 1.807) is 43.4 Å². The minimum absolute atomic E-state index is 0.162. The van der Waals surface area contributed by atoms with Crippen LogP contribution in [0.25, 0.3) is 0 Å². The third-order valence-corrected chi connectivity index (χ3v) is 3.90. The largest absolute Gasteiger partial charge is 0.378 e. The van der Waals surface area contributed by atoms with Crippen molar-refractivity contribution in [3.63, 3.8) is 0 Å². The molecule has 2 rings (SSSR count). The van der Waals surface area contributed by atoms with E-state index in [4.69, 9.17) is 0 Å². The monoisotopic (exact) mass is 328 g/mol. The molecule has 5 heteroatoms. The molecule has 2 N–H and O–H groups in total. The van der Waals surface area contributed by atoms with Gasteiger partial charge in [0.15, 0.2) is 0 Å². The minimum atomic E-state index is -1.06. The van der Waals surface area contributed by atoms with Gasteiger partial charge in [0.25, 0.3) is 5.91 Å². The van der Waals surface area contributed by atoms with Crippen LogP contribution in [0.4, 0.5) is 0 Å². The predicted octanol–water partition coefficient (Wildman–Crippen LogP) is 2.76. The molecule has 1 aromatic carbocycles. The van der Waals surface area contributed by atoms with E-state index < -0.39 is 5.60 Å². The Hall–Kier alpha value is -2.16. The average molecular weight is 328 g/mol. The number of aromatic nitrogens is 1. The van der Waals surface area contributed by atoms with Crippen LogP contribution in [0.2, 0.25) is 0 Å². The van der Waals surface area contributed by atoms with Gasteiger partial charge < -0.3 is 10.4 Å². The maximum Gasteiger partial charge on any atom is 0.251 e. The van der Waals surface area contributed by atoms with Crippen LogP contribution in [0, 0.1) is 11.8 Å². The highest BCUT2D eigenvalue weighted by Crippen LogP contribution is 2.11. The normalized spacial score (nSPS) is 10.8. The molecular formula is C18H20N2O2S. The first-order valence-electron chi connectivity index (χ1n) is 7.44. The van der Waals surface area contributed by atoms with Crippen molar-refractivity contribution in [1.29, 1.82) is 0 Å². The Morgan fingerprint density at radius 1 is 1.43 bits per heavy atom. The Labute approximate surface area is 140 Å². The van der Waals surface area contributed by atoms with E-state index >= 15 is 0 Å². The first-order valence-corrected chi connectivity index (χ1v) is 8.32. The fourth-order valence-corrected chi connectivity index (χ4v) is 2.63. The van der Waals surface area contributed by atoms with Crippen molar-refractivity contribution in [2.24, 2.45) is 0 Å². The summed E-state index contributed by atoms with van der Waals surface area (Å²) in [6.07, 6.45) is 0.895. The maximum absolute atomic E-state index is 12.2. The zero-order valence-electron chi connectivity index (χ0n) is 13.5. The number of nitrogens with zero attached hydrogens (tertiary/aromatic N) is 1. The van der Waals surface area contributed by atoms with Crippen LogP contribution < -0.4 is 5.32 Å². The van der Waals surface area contributed by atoms with Crippen LogP contribution in [-0.4, -0.2) is 21.6 Å². The van der Waals surface area contributed by atoms with Gasteiger partial charge >= 0.3 is 0 Å². The van der Waals surface area contributed by atoms with E-state index in [2.05, 4.69) is 29.1 Å². The van der Waals surface area contributed by atoms with Crippen LogP contribution in [0.3, 0.4) is 0 Å². The molecule has 2 aromatic rings. The molecule has 1 aromatic heterocycles. The van der Waals surface area contributed by atoms with E-state index in [1.807, 2.05) is 11.4 Å². The first kappa shape index (κ1) is 17.2. The van der Waals surface area contributed by atoms with Gasteiger partial charge in [-0.15, -0.1) is 11.3 Å². The highest BCUT2D eigenvalue weighted by molar-refractivity contribution is 7.09. The minimum Gasteiger partial charge on any atom is -0.378 e. The summed E-state index contributed by atoms with van der Waals surface area (Å²) >= 11 is 1.55. The number of aryl methyl sites for hydroxylation is 1. The SMILES string of the molecule is CCc1csc(CNC(=O)c2cccc(C#CC(C)(C)O)c2)n1. The summed E-state index contributed by atoms with van der Waals surface area (Å²) < 4.78 is 0. The third kappa shape index (κ3) is 5.51. The van der Waals surface area contributed by atoms with Gasteiger partial charge in [-0.3, -0.25) is 4.79 Å². The van der Waals surface area contributed by atoms with Gasteiger partial charge in [-0.05, 0) is 38.5 Å². The highest BCUT2D eigenvalue weighted by Gasteiger charge is 2.08. The number of hydrogen-bond acceptors (Lipinski definition) is 4. The summed E-state index contributed by atoms with van der Waals surface area (Å²) in [6.45, 7) is 5.71. The summed E-state index contributed by atoms with van der Waals surface area (Å²) in [5.41, 5.74) is 1.23. The molecule has 4 nitrogen and oxygen atoms in total. The molecule has 0 bridgehead atoms. The summed E-state index contributed by atoms with van der Waals surface area (Å²) in [5, 5.41) is 15.4. The van der Waals surface area contributed by atoms with E-state index in [0.717, 1.165) is 17.1 Å². The lowest BCUT2D eigenvalue weighted by molar-refractivity contribution is 0.0950. The average Bonchev–Trinajstić information content (AvgIpc) is 2.98. The lowest BCUT2D eigenvalue weighted by Gasteiger charge is -2.06. The third-order valence-electron chi connectivity index (χ3n) is 3.00. The second-order valence-electron chi connectivity index (χ2n) is 5.66. The van der Waals surface area contributed by atoms with Crippen LogP contribution in [0.15, 0.2) is 29.6 Å². The summed E-state index contributed by atoms with van der Waals surface area (Å²) in [5.74, 6) is 5.45. The van der Waals surface area contributed by atoms with Gasteiger partial charge in [-0.25, -0.2) is 4.98 Å². The van der Waals surface area contributed by atoms with Crippen molar-refractivity contribution in [3.05, 3.63) is 51.5 Å². The van der Waals surface area contributed by atoms with Gasteiger partial charge in [-0.2, -0.15) is 0 Å². The molecule has 23 heavy (non-hydrogen) atoms. The van der Waals surface area contributed by atoms with Crippen LogP contribution in [-0.2, 0) is 13.0 Å². The van der Waals surface area contributed by atoms with Gasteiger partial charge in [0, 0.05) is 16.5 Å². The molecule has 0 saturated heterocycles. The number of thiazole rings is 1. The number of nitrogens with one attached hydrogen (secondary N) is 1. The fourth-order valence-electron chi connectivity index (χ4n) is 1.81. The number of rotatable bonds is 4.